The molecule has 6 heteroatoms. The van der Waals surface area contributed by atoms with E-state index in [2.05, 4.69) is 15.5 Å². The maximum Gasteiger partial charge on any atom is 0.307 e. The molecule has 104 valence electrons. The Balaban J connectivity index is 1.78. The van der Waals surface area contributed by atoms with Crippen LogP contribution in [0.2, 0.25) is 0 Å². The lowest BCUT2D eigenvalue weighted by Crippen LogP contribution is -2.17. The molecule has 2 aromatic rings. The molecular weight excluding hydrogens is 258 g/mol. The first-order chi connectivity index (χ1) is 9.41. The first kappa shape index (κ1) is 12.7. The minimum atomic E-state index is -0.917. The summed E-state index contributed by atoms with van der Waals surface area (Å²) in [5.41, 5.74) is 0.972. The van der Waals surface area contributed by atoms with E-state index in [1.54, 1.807) is 32.2 Å². The molecule has 1 saturated carbocycles. The number of anilines is 1. The number of carbonyl (C=O) groups excluding carboxylic acids is 1. The van der Waals surface area contributed by atoms with E-state index in [1.807, 2.05) is 6.07 Å². The molecule has 0 spiro atoms. The summed E-state index contributed by atoms with van der Waals surface area (Å²) in [4.78, 5) is 23.3. The number of aromatic nitrogens is 2. The molecule has 0 radical (unpaired) electrons. The molecule has 3 rings (SSSR count). The van der Waals surface area contributed by atoms with E-state index in [4.69, 9.17) is 5.11 Å². The monoisotopic (exact) mass is 273 g/mol. The maximum absolute atomic E-state index is 12.2. The highest BCUT2D eigenvalue weighted by molar-refractivity contribution is 6.00. The van der Waals surface area contributed by atoms with E-state index in [0.29, 0.717) is 5.69 Å². The summed E-state index contributed by atoms with van der Waals surface area (Å²) in [6, 6.07) is 5.41. The Bertz CT molecular complexity index is 705. The van der Waals surface area contributed by atoms with Crippen molar-refractivity contribution in [3.63, 3.8) is 0 Å². The summed E-state index contributed by atoms with van der Waals surface area (Å²) in [6.07, 6.45) is 1.70. The number of rotatable bonds is 3. The second-order valence-electron chi connectivity index (χ2n) is 5.78. The molecule has 20 heavy (non-hydrogen) atoms. The first-order valence-corrected chi connectivity index (χ1v) is 6.38. The maximum atomic E-state index is 12.2. The summed E-state index contributed by atoms with van der Waals surface area (Å²) in [5, 5.41) is 19.6. The minimum absolute atomic E-state index is 0.249. The van der Waals surface area contributed by atoms with E-state index < -0.39 is 23.2 Å². The number of nitrogens with one attached hydrogen (secondary N) is 2. The lowest BCUT2D eigenvalue weighted by Gasteiger charge is -2.06. The van der Waals surface area contributed by atoms with Gasteiger partial charge in [-0.05, 0) is 23.6 Å². The summed E-state index contributed by atoms with van der Waals surface area (Å²) in [6.45, 7) is 3.60. The number of carboxylic acid groups (broad SMARTS) is 1. The summed E-state index contributed by atoms with van der Waals surface area (Å²) in [5.74, 6) is -2.27. The Hall–Kier alpha value is -2.37. The average molecular weight is 273 g/mol. The fourth-order valence-electron chi connectivity index (χ4n) is 2.82. The quantitative estimate of drug-likeness (QED) is 0.795. The van der Waals surface area contributed by atoms with E-state index in [0.717, 1.165) is 10.9 Å². The SMILES string of the molecule is CC1(C)C(C(=O)O)C1C(=O)Nc1ccc2cn[nH]c2c1. The molecule has 1 aromatic heterocycles. The number of aromatic amines is 1. The molecule has 0 saturated heterocycles. The van der Waals surface area contributed by atoms with Crippen molar-refractivity contribution < 1.29 is 14.7 Å². The van der Waals surface area contributed by atoms with Gasteiger partial charge in [-0.2, -0.15) is 5.10 Å². The largest absolute Gasteiger partial charge is 0.481 e. The highest BCUT2D eigenvalue weighted by Gasteiger charge is 2.65. The predicted molar refractivity (Wildman–Crippen MR) is 73.1 cm³/mol. The van der Waals surface area contributed by atoms with Crippen LogP contribution in [0.25, 0.3) is 10.9 Å². The number of aliphatic carboxylic acids is 1. The van der Waals surface area contributed by atoms with Crippen molar-refractivity contribution in [2.45, 2.75) is 13.8 Å². The smallest absolute Gasteiger partial charge is 0.307 e. The van der Waals surface area contributed by atoms with Crippen molar-refractivity contribution in [1.82, 2.24) is 10.2 Å². The third-order valence-corrected chi connectivity index (χ3v) is 4.09. The Morgan fingerprint density at radius 2 is 2.10 bits per heavy atom. The topological polar surface area (TPSA) is 95.1 Å². The number of hydrogen-bond donors (Lipinski definition) is 3. The van der Waals surface area contributed by atoms with Gasteiger partial charge in [-0.15, -0.1) is 0 Å². The van der Waals surface area contributed by atoms with Gasteiger partial charge in [0.1, 0.15) is 0 Å². The number of fused-ring (bicyclic) bond motifs is 1. The molecule has 2 unspecified atom stereocenters. The van der Waals surface area contributed by atoms with Crippen LogP contribution in [0, 0.1) is 17.3 Å². The molecule has 1 amide bonds. The van der Waals surface area contributed by atoms with E-state index in [1.165, 1.54) is 0 Å². The van der Waals surface area contributed by atoms with Crippen molar-refractivity contribution in [3.05, 3.63) is 24.4 Å². The van der Waals surface area contributed by atoms with Gasteiger partial charge in [0, 0.05) is 11.1 Å². The van der Waals surface area contributed by atoms with Gasteiger partial charge in [-0.25, -0.2) is 0 Å². The van der Waals surface area contributed by atoms with E-state index in [-0.39, 0.29) is 5.91 Å². The molecule has 3 N–H and O–H groups in total. The molecule has 6 nitrogen and oxygen atoms in total. The van der Waals surface area contributed by atoms with Crippen molar-refractivity contribution >= 4 is 28.5 Å². The van der Waals surface area contributed by atoms with E-state index in [9.17, 15) is 9.59 Å². The second-order valence-corrected chi connectivity index (χ2v) is 5.78. The first-order valence-electron chi connectivity index (χ1n) is 6.38. The summed E-state index contributed by atoms with van der Waals surface area (Å²) in [7, 11) is 0. The Morgan fingerprint density at radius 1 is 1.35 bits per heavy atom. The van der Waals surface area contributed by atoms with Crippen LogP contribution in [-0.2, 0) is 9.59 Å². The van der Waals surface area contributed by atoms with Crippen molar-refractivity contribution in [3.8, 4) is 0 Å². The van der Waals surface area contributed by atoms with Crippen LogP contribution in [0.1, 0.15) is 13.8 Å². The third-order valence-electron chi connectivity index (χ3n) is 4.09. The molecule has 1 aliphatic carbocycles. The average Bonchev–Trinajstić information content (AvgIpc) is 2.73. The lowest BCUT2D eigenvalue weighted by molar-refractivity contribution is -0.140. The number of hydrogen-bond acceptors (Lipinski definition) is 3. The molecule has 1 fully saturated rings. The number of carboxylic acids is 1. The predicted octanol–water partition coefficient (Wildman–Crippen LogP) is 1.86. The molecule has 2 atom stereocenters. The second kappa shape index (κ2) is 4.06. The van der Waals surface area contributed by atoms with Gasteiger partial charge in [0.15, 0.2) is 0 Å². The van der Waals surface area contributed by atoms with Gasteiger partial charge in [-0.3, -0.25) is 14.7 Å². The van der Waals surface area contributed by atoms with Crippen LogP contribution in [-0.4, -0.2) is 27.2 Å². The molecule has 1 heterocycles. The van der Waals surface area contributed by atoms with Crippen molar-refractivity contribution in [2.24, 2.45) is 17.3 Å². The van der Waals surface area contributed by atoms with Crippen LogP contribution in [0.15, 0.2) is 24.4 Å². The molecule has 0 bridgehead atoms. The van der Waals surface area contributed by atoms with Gasteiger partial charge in [-0.1, -0.05) is 13.8 Å². The number of nitrogens with zero attached hydrogens (tertiary/aromatic N) is 1. The van der Waals surface area contributed by atoms with Gasteiger partial charge in [0.25, 0.3) is 0 Å². The van der Waals surface area contributed by atoms with Crippen LogP contribution < -0.4 is 5.32 Å². The van der Waals surface area contributed by atoms with Crippen LogP contribution in [0.5, 0.6) is 0 Å². The summed E-state index contributed by atoms with van der Waals surface area (Å²) < 4.78 is 0. The zero-order chi connectivity index (χ0) is 14.5. The Morgan fingerprint density at radius 3 is 2.75 bits per heavy atom. The number of H-pyrrole nitrogens is 1. The van der Waals surface area contributed by atoms with Gasteiger partial charge >= 0.3 is 5.97 Å². The normalized spacial score (nSPS) is 23.5. The Labute approximate surface area is 115 Å². The fraction of sp³-hybridized carbons (Fsp3) is 0.357. The van der Waals surface area contributed by atoms with Gasteiger partial charge < -0.3 is 10.4 Å². The number of carbonyl (C=O) groups is 2. The highest BCUT2D eigenvalue weighted by atomic mass is 16.4. The molecular formula is C14H15N3O3. The lowest BCUT2D eigenvalue weighted by atomic mass is 10.1. The third kappa shape index (κ3) is 1.84. The van der Waals surface area contributed by atoms with Crippen LogP contribution in [0.4, 0.5) is 5.69 Å². The fourth-order valence-corrected chi connectivity index (χ4v) is 2.82. The van der Waals surface area contributed by atoms with Crippen LogP contribution >= 0.6 is 0 Å². The standard InChI is InChI=1S/C14H15N3O3/c1-14(2)10(11(14)13(19)20)12(18)16-8-4-3-7-6-15-17-9(7)5-8/h3-6,10-11H,1-2H3,(H,15,17)(H,16,18)(H,19,20). The summed E-state index contributed by atoms with van der Waals surface area (Å²) >= 11 is 0. The van der Waals surface area contributed by atoms with Gasteiger partial charge in [0.2, 0.25) is 5.91 Å². The number of benzene rings is 1. The van der Waals surface area contributed by atoms with Crippen LogP contribution in [0.3, 0.4) is 0 Å². The molecule has 1 aliphatic rings. The zero-order valence-corrected chi connectivity index (χ0v) is 11.2. The van der Waals surface area contributed by atoms with Crippen molar-refractivity contribution in [1.29, 1.82) is 0 Å². The Kier molecular flexibility index (Phi) is 2.57. The molecule has 1 aromatic carbocycles. The van der Waals surface area contributed by atoms with Crippen molar-refractivity contribution in [2.75, 3.05) is 5.32 Å². The molecule has 0 aliphatic heterocycles. The number of amides is 1. The zero-order valence-electron chi connectivity index (χ0n) is 11.2. The van der Waals surface area contributed by atoms with E-state index >= 15 is 0 Å². The highest BCUT2D eigenvalue weighted by Crippen LogP contribution is 2.58. The minimum Gasteiger partial charge on any atom is -0.481 e. The van der Waals surface area contributed by atoms with Gasteiger partial charge in [0.05, 0.1) is 23.5 Å².